The number of aliphatic carboxylic acids is 1. The van der Waals surface area contributed by atoms with Gasteiger partial charge in [-0.05, 0) is 32.0 Å². The summed E-state index contributed by atoms with van der Waals surface area (Å²) in [4.78, 5) is 22.8. The minimum atomic E-state index is -1.19. The molecule has 0 aliphatic rings. The maximum Gasteiger partial charge on any atom is 0.327 e. The lowest BCUT2D eigenvalue weighted by Crippen LogP contribution is -2.51. The number of rotatable bonds is 4. The third-order valence-corrected chi connectivity index (χ3v) is 2.57. The Morgan fingerprint density at radius 2 is 2.06 bits per heavy atom. The Kier molecular flexibility index (Phi) is 4.34. The number of carbonyl (C=O) groups is 2. The standard InChI is InChI=1S/C12H14FNO3S/c1-12(2,18)9(11(16)17)14-10(15)7-4-3-5-8(13)6-7/h3-6,9,18H,1-2H3,(H,14,15)(H,16,17). The number of nitrogens with one attached hydrogen (secondary N) is 1. The van der Waals surface area contributed by atoms with Crippen molar-refractivity contribution in [3.63, 3.8) is 0 Å². The van der Waals surface area contributed by atoms with Gasteiger partial charge in [-0.1, -0.05) is 6.07 Å². The van der Waals surface area contributed by atoms with Crippen molar-refractivity contribution < 1.29 is 19.1 Å². The van der Waals surface area contributed by atoms with Gasteiger partial charge in [0.15, 0.2) is 0 Å². The zero-order valence-corrected chi connectivity index (χ0v) is 10.9. The smallest absolute Gasteiger partial charge is 0.327 e. The molecule has 1 unspecified atom stereocenters. The highest BCUT2D eigenvalue weighted by Gasteiger charge is 2.33. The number of hydrogen-bond donors (Lipinski definition) is 3. The third kappa shape index (κ3) is 3.73. The molecule has 1 amide bonds. The summed E-state index contributed by atoms with van der Waals surface area (Å²) >= 11 is 4.13. The Morgan fingerprint density at radius 3 is 2.50 bits per heavy atom. The lowest BCUT2D eigenvalue weighted by atomic mass is 10.0. The van der Waals surface area contributed by atoms with Crippen LogP contribution in [0.15, 0.2) is 24.3 Å². The summed E-state index contributed by atoms with van der Waals surface area (Å²) in [5.74, 6) is -2.40. The number of carboxylic acids is 1. The Balaban J connectivity index is 2.89. The van der Waals surface area contributed by atoms with E-state index in [0.29, 0.717) is 0 Å². The van der Waals surface area contributed by atoms with Gasteiger partial charge >= 0.3 is 5.97 Å². The highest BCUT2D eigenvalue weighted by atomic mass is 32.1. The maximum absolute atomic E-state index is 12.9. The van der Waals surface area contributed by atoms with Crippen molar-refractivity contribution in [2.75, 3.05) is 0 Å². The number of halogens is 1. The van der Waals surface area contributed by atoms with Gasteiger partial charge in [0.2, 0.25) is 0 Å². The van der Waals surface area contributed by atoms with Crippen LogP contribution in [-0.4, -0.2) is 27.8 Å². The molecule has 18 heavy (non-hydrogen) atoms. The van der Waals surface area contributed by atoms with Gasteiger partial charge in [-0.2, -0.15) is 12.6 Å². The lowest BCUT2D eigenvalue weighted by Gasteiger charge is -2.26. The number of thiol groups is 1. The molecule has 1 atom stereocenters. The molecule has 0 aromatic heterocycles. The fourth-order valence-electron chi connectivity index (χ4n) is 1.38. The summed E-state index contributed by atoms with van der Waals surface area (Å²) in [7, 11) is 0. The van der Waals surface area contributed by atoms with E-state index in [4.69, 9.17) is 5.11 Å². The van der Waals surface area contributed by atoms with Crippen LogP contribution in [0, 0.1) is 5.82 Å². The van der Waals surface area contributed by atoms with E-state index in [0.717, 1.165) is 6.07 Å². The predicted octanol–water partition coefficient (Wildman–Crippen LogP) is 1.72. The van der Waals surface area contributed by atoms with Crippen molar-refractivity contribution in [3.8, 4) is 0 Å². The van der Waals surface area contributed by atoms with E-state index < -0.39 is 28.5 Å². The van der Waals surface area contributed by atoms with Crippen LogP contribution in [0.3, 0.4) is 0 Å². The molecule has 0 saturated heterocycles. The molecule has 0 saturated carbocycles. The van der Waals surface area contributed by atoms with Crippen LogP contribution in [0.25, 0.3) is 0 Å². The van der Waals surface area contributed by atoms with Crippen molar-refractivity contribution in [1.29, 1.82) is 0 Å². The van der Waals surface area contributed by atoms with Crippen LogP contribution in [-0.2, 0) is 4.79 Å². The number of benzene rings is 1. The van der Waals surface area contributed by atoms with Crippen LogP contribution in [0.4, 0.5) is 4.39 Å². The van der Waals surface area contributed by atoms with Crippen molar-refractivity contribution in [2.45, 2.75) is 24.6 Å². The molecule has 0 radical (unpaired) electrons. The summed E-state index contributed by atoms with van der Waals surface area (Å²) in [6, 6.07) is 3.86. The van der Waals surface area contributed by atoms with Crippen LogP contribution < -0.4 is 5.32 Å². The molecule has 0 aliphatic carbocycles. The van der Waals surface area contributed by atoms with Crippen LogP contribution in [0.2, 0.25) is 0 Å². The lowest BCUT2D eigenvalue weighted by molar-refractivity contribution is -0.139. The summed E-state index contributed by atoms with van der Waals surface area (Å²) in [6.07, 6.45) is 0. The molecule has 0 aliphatic heterocycles. The summed E-state index contributed by atoms with van der Waals surface area (Å²) in [5.41, 5.74) is 0.0684. The number of hydrogen-bond acceptors (Lipinski definition) is 3. The van der Waals surface area contributed by atoms with Gasteiger partial charge in [-0.15, -0.1) is 0 Å². The van der Waals surface area contributed by atoms with E-state index >= 15 is 0 Å². The quantitative estimate of drug-likeness (QED) is 0.730. The Morgan fingerprint density at radius 1 is 1.44 bits per heavy atom. The normalized spacial score (nSPS) is 12.9. The van der Waals surface area contributed by atoms with Crippen molar-refractivity contribution in [3.05, 3.63) is 35.6 Å². The van der Waals surface area contributed by atoms with Crippen molar-refractivity contribution >= 4 is 24.5 Å². The molecular formula is C12H14FNO3S. The first-order valence-corrected chi connectivity index (χ1v) is 5.68. The van der Waals surface area contributed by atoms with E-state index in [1.807, 2.05) is 0 Å². The van der Waals surface area contributed by atoms with Crippen LogP contribution in [0.5, 0.6) is 0 Å². The Hall–Kier alpha value is -1.56. The number of carboxylic acid groups (broad SMARTS) is 1. The average Bonchev–Trinajstić information content (AvgIpc) is 2.23. The molecule has 1 aromatic carbocycles. The summed E-state index contributed by atoms with van der Waals surface area (Å²) in [6.45, 7) is 3.14. The minimum absolute atomic E-state index is 0.0684. The van der Waals surface area contributed by atoms with E-state index in [1.54, 1.807) is 13.8 Å². The van der Waals surface area contributed by atoms with E-state index in [2.05, 4.69) is 17.9 Å². The maximum atomic E-state index is 12.9. The first-order valence-electron chi connectivity index (χ1n) is 5.23. The second-order valence-corrected chi connectivity index (χ2v) is 5.56. The molecule has 0 fully saturated rings. The molecular weight excluding hydrogens is 257 g/mol. The first kappa shape index (κ1) is 14.5. The van der Waals surface area contributed by atoms with Gasteiger partial charge in [0, 0.05) is 10.3 Å². The zero-order valence-electron chi connectivity index (χ0n) is 9.98. The number of carbonyl (C=O) groups excluding carboxylic acids is 1. The minimum Gasteiger partial charge on any atom is -0.480 e. The molecule has 0 bridgehead atoms. The van der Waals surface area contributed by atoms with Crippen LogP contribution >= 0.6 is 12.6 Å². The molecule has 0 heterocycles. The van der Waals surface area contributed by atoms with Crippen LogP contribution in [0.1, 0.15) is 24.2 Å². The monoisotopic (exact) mass is 271 g/mol. The van der Waals surface area contributed by atoms with E-state index in [1.165, 1.54) is 18.2 Å². The second-order valence-electron chi connectivity index (χ2n) is 4.41. The molecule has 1 aromatic rings. The SMILES string of the molecule is CC(C)(S)C(NC(=O)c1cccc(F)c1)C(=O)O. The van der Waals surface area contributed by atoms with Crippen molar-refractivity contribution in [2.24, 2.45) is 0 Å². The fraction of sp³-hybridized carbons (Fsp3) is 0.333. The van der Waals surface area contributed by atoms with Gasteiger partial charge in [0.05, 0.1) is 0 Å². The molecule has 0 spiro atoms. The first-order chi connectivity index (χ1) is 8.21. The largest absolute Gasteiger partial charge is 0.480 e. The van der Waals surface area contributed by atoms with E-state index in [-0.39, 0.29) is 5.56 Å². The molecule has 98 valence electrons. The topological polar surface area (TPSA) is 66.4 Å². The summed E-state index contributed by atoms with van der Waals surface area (Å²) < 4.78 is 12.0. The van der Waals surface area contributed by atoms with E-state index in [9.17, 15) is 14.0 Å². The van der Waals surface area contributed by atoms with Gasteiger partial charge in [0.1, 0.15) is 11.9 Å². The fourth-order valence-corrected chi connectivity index (χ4v) is 1.56. The average molecular weight is 271 g/mol. The second kappa shape index (κ2) is 5.39. The predicted molar refractivity (Wildman–Crippen MR) is 68.4 cm³/mol. The van der Waals surface area contributed by atoms with Crippen molar-refractivity contribution in [1.82, 2.24) is 5.32 Å². The molecule has 2 N–H and O–H groups in total. The van der Waals surface area contributed by atoms with Gasteiger partial charge < -0.3 is 10.4 Å². The molecule has 1 rings (SSSR count). The van der Waals surface area contributed by atoms with Gasteiger partial charge in [-0.25, -0.2) is 9.18 Å². The highest BCUT2D eigenvalue weighted by Crippen LogP contribution is 2.18. The third-order valence-electron chi connectivity index (χ3n) is 2.32. The van der Waals surface area contributed by atoms with Gasteiger partial charge in [-0.3, -0.25) is 4.79 Å². The zero-order chi connectivity index (χ0) is 13.9. The highest BCUT2D eigenvalue weighted by molar-refractivity contribution is 7.81. The summed E-state index contributed by atoms with van der Waals surface area (Å²) in [5, 5.41) is 11.3. The number of amides is 1. The Bertz CT molecular complexity index is 471. The Labute approximate surface area is 110 Å². The van der Waals surface area contributed by atoms with Gasteiger partial charge in [0.25, 0.3) is 5.91 Å². The molecule has 6 heteroatoms. The molecule has 4 nitrogen and oxygen atoms in total.